The highest BCUT2D eigenvalue weighted by molar-refractivity contribution is 9.10. The van der Waals surface area contributed by atoms with E-state index in [0.29, 0.717) is 0 Å². The van der Waals surface area contributed by atoms with E-state index in [1.54, 1.807) is 0 Å². The van der Waals surface area contributed by atoms with Crippen LogP contribution in [0.1, 0.15) is 31.2 Å². The van der Waals surface area contributed by atoms with Crippen molar-refractivity contribution in [3.05, 3.63) is 46.2 Å². The van der Waals surface area contributed by atoms with E-state index in [1.807, 2.05) is 11.8 Å². The lowest BCUT2D eigenvalue weighted by Gasteiger charge is -2.09. The zero-order valence-corrected chi connectivity index (χ0v) is 14.1. The van der Waals surface area contributed by atoms with Gasteiger partial charge >= 0.3 is 0 Å². The summed E-state index contributed by atoms with van der Waals surface area (Å²) in [5, 5.41) is 0. The van der Waals surface area contributed by atoms with Gasteiger partial charge in [-0.1, -0.05) is 31.5 Å². The Hall–Kier alpha value is -0.670. The molecule has 0 atom stereocenters. The predicted octanol–water partition coefficient (Wildman–Crippen LogP) is 5.75. The first-order valence-electron chi connectivity index (χ1n) is 6.72. The summed E-state index contributed by atoms with van der Waals surface area (Å²) >= 11 is 5.72. The van der Waals surface area contributed by atoms with E-state index in [2.05, 4.69) is 71.6 Å². The van der Waals surface area contributed by atoms with Crippen LogP contribution in [0, 0.1) is 13.8 Å². The number of thioether (sulfide) groups is 1. The summed E-state index contributed by atoms with van der Waals surface area (Å²) < 4.78 is 3.58. The van der Waals surface area contributed by atoms with Crippen LogP contribution in [0.3, 0.4) is 0 Å². The van der Waals surface area contributed by atoms with Gasteiger partial charge in [-0.2, -0.15) is 0 Å². The van der Waals surface area contributed by atoms with Crippen molar-refractivity contribution in [1.29, 1.82) is 0 Å². The molecule has 1 aromatic carbocycles. The van der Waals surface area contributed by atoms with Crippen LogP contribution in [0.4, 0.5) is 0 Å². The molecule has 0 amide bonds. The molecule has 0 aliphatic heterocycles. The Morgan fingerprint density at radius 2 is 1.79 bits per heavy atom. The maximum atomic E-state index is 3.76. The molecule has 19 heavy (non-hydrogen) atoms. The zero-order chi connectivity index (χ0) is 13.8. The van der Waals surface area contributed by atoms with E-state index in [1.165, 1.54) is 45.0 Å². The fourth-order valence-corrected chi connectivity index (χ4v) is 4.24. The normalized spacial score (nSPS) is 10.9. The minimum absolute atomic E-state index is 1.19. The lowest BCUT2D eigenvalue weighted by atomic mass is 10.3. The number of hydrogen-bond acceptors (Lipinski definition) is 1. The summed E-state index contributed by atoms with van der Waals surface area (Å²) in [6, 6.07) is 10.6. The van der Waals surface area contributed by atoms with Crippen LogP contribution < -0.4 is 0 Å². The Labute approximate surface area is 128 Å². The van der Waals surface area contributed by atoms with Crippen molar-refractivity contribution in [1.82, 2.24) is 4.57 Å². The predicted molar refractivity (Wildman–Crippen MR) is 88.6 cm³/mol. The van der Waals surface area contributed by atoms with Crippen molar-refractivity contribution >= 4 is 27.7 Å². The standard InChI is InChI=1S/C16H20BrNS/c1-4-5-11-19-16-13(3)18(12(2)15(16)17)14-9-7-6-8-10-14/h6-10H,4-5,11H2,1-3H3. The van der Waals surface area contributed by atoms with Crippen molar-refractivity contribution in [3.63, 3.8) is 0 Å². The second-order valence-electron chi connectivity index (χ2n) is 4.69. The van der Waals surface area contributed by atoms with Crippen LogP contribution in [0.2, 0.25) is 0 Å². The molecule has 0 saturated carbocycles. The van der Waals surface area contributed by atoms with Gasteiger partial charge in [0.15, 0.2) is 0 Å². The van der Waals surface area contributed by atoms with Gasteiger partial charge in [-0.15, -0.1) is 11.8 Å². The third-order valence-corrected chi connectivity index (χ3v) is 5.79. The number of para-hydroxylation sites is 1. The van der Waals surface area contributed by atoms with E-state index in [9.17, 15) is 0 Å². The fourth-order valence-electron chi connectivity index (χ4n) is 2.23. The molecule has 1 nitrogen and oxygen atoms in total. The molecule has 2 rings (SSSR count). The minimum Gasteiger partial charge on any atom is -0.316 e. The maximum absolute atomic E-state index is 3.76. The van der Waals surface area contributed by atoms with E-state index in [4.69, 9.17) is 0 Å². The first-order chi connectivity index (χ1) is 9.16. The van der Waals surface area contributed by atoms with E-state index in [0.717, 1.165) is 0 Å². The number of unbranched alkanes of at least 4 members (excludes halogenated alkanes) is 1. The largest absolute Gasteiger partial charge is 0.316 e. The monoisotopic (exact) mass is 337 g/mol. The summed E-state index contributed by atoms with van der Waals surface area (Å²) in [6.07, 6.45) is 2.52. The highest BCUT2D eigenvalue weighted by Crippen LogP contribution is 2.37. The van der Waals surface area contributed by atoms with Crippen LogP contribution in [0.15, 0.2) is 39.7 Å². The topological polar surface area (TPSA) is 4.93 Å². The first-order valence-corrected chi connectivity index (χ1v) is 8.50. The quantitative estimate of drug-likeness (QED) is 0.496. The van der Waals surface area contributed by atoms with Crippen molar-refractivity contribution in [2.75, 3.05) is 5.75 Å². The number of hydrogen-bond donors (Lipinski definition) is 0. The average molecular weight is 338 g/mol. The first kappa shape index (κ1) is 14.7. The lowest BCUT2D eigenvalue weighted by Crippen LogP contribution is -1.98. The van der Waals surface area contributed by atoms with Crippen molar-refractivity contribution < 1.29 is 0 Å². The molecule has 0 radical (unpaired) electrons. The molecule has 0 aliphatic rings. The summed E-state index contributed by atoms with van der Waals surface area (Å²) in [6.45, 7) is 6.62. The highest BCUT2D eigenvalue weighted by atomic mass is 79.9. The molecule has 0 unspecified atom stereocenters. The molecule has 1 heterocycles. The number of halogens is 1. The van der Waals surface area contributed by atoms with Crippen molar-refractivity contribution in [2.45, 2.75) is 38.5 Å². The van der Waals surface area contributed by atoms with Crippen molar-refractivity contribution in [3.8, 4) is 5.69 Å². The van der Waals surface area contributed by atoms with Gasteiger partial charge in [-0.25, -0.2) is 0 Å². The Morgan fingerprint density at radius 1 is 1.11 bits per heavy atom. The summed E-state index contributed by atoms with van der Waals surface area (Å²) in [5.41, 5.74) is 3.85. The molecule has 1 aromatic heterocycles. The number of rotatable bonds is 5. The van der Waals surface area contributed by atoms with Crippen LogP contribution in [0.25, 0.3) is 5.69 Å². The summed E-state index contributed by atoms with van der Waals surface area (Å²) in [5.74, 6) is 1.19. The van der Waals surface area contributed by atoms with Gasteiger partial charge in [0.05, 0.1) is 4.47 Å². The maximum Gasteiger partial charge on any atom is 0.0524 e. The second kappa shape index (κ2) is 6.67. The van der Waals surface area contributed by atoms with Crippen LogP contribution in [-0.2, 0) is 0 Å². The van der Waals surface area contributed by atoms with Crippen LogP contribution in [-0.4, -0.2) is 10.3 Å². The molecule has 3 heteroatoms. The van der Waals surface area contributed by atoms with Crippen molar-refractivity contribution in [2.24, 2.45) is 0 Å². The minimum atomic E-state index is 1.19. The summed E-state index contributed by atoms with van der Waals surface area (Å²) in [4.78, 5) is 1.38. The average Bonchev–Trinajstić information content (AvgIpc) is 2.64. The lowest BCUT2D eigenvalue weighted by molar-refractivity contribution is 0.895. The van der Waals surface area contributed by atoms with Gasteiger partial charge in [0.25, 0.3) is 0 Å². The van der Waals surface area contributed by atoms with Crippen LogP contribution >= 0.6 is 27.7 Å². The molecule has 2 aromatic rings. The number of nitrogens with zero attached hydrogens (tertiary/aromatic N) is 1. The van der Waals surface area contributed by atoms with Gasteiger partial charge in [0.1, 0.15) is 0 Å². The van der Waals surface area contributed by atoms with E-state index >= 15 is 0 Å². The Balaban J connectivity index is 2.38. The van der Waals surface area contributed by atoms with E-state index in [-0.39, 0.29) is 0 Å². The molecule has 0 fully saturated rings. The smallest absolute Gasteiger partial charge is 0.0524 e. The molecule has 102 valence electrons. The van der Waals surface area contributed by atoms with Crippen LogP contribution in [0.5, 0.6) is 0 Å². The number of benzene rings is 1. The van der Waals surface area contributed by atoms with Gasteiger partial charge in [-0.3, -0.25) is 0 Å². The summed E-state index contributed by atoms with van der Waals surface area (Å²) in [7, 11) is 0. The Bertz CT molecular complexity index is 546. The molecule has 0 N–H and O–H groups in total. The molecular weight excluding hydrogens is 318 g/mol. The van der Waals surface area contributed by atoms with Gasteiger partial charge in [-0.05, 0) is 54.1 Å². The van der Waals surface area contributed by atoms with Gasteiger partial charge in [0.2, 0.25) is 0 Å². The molecular formula is C16H20BrNS. The third-order valence-electron chi connectivity index (χ3n) is 3.28. The van der Waals surface area contributed by atoms with Gasteiger partial charge in [0, 0.05) is 22.0 Å². The molecule has 0 spiro atoms. The second-order valence-corrected chi connectivity index (χ2v) is 6.59. The molecule has 0 aliphatic carbocycles. The molecule has 0 bridgehead atoms. The highest BCUT2D eigenvalue weighted by Gasteiger charge is 2.16. The SMILES string of the molecule is CCCCSc1c(Br)c(C)n(-c2ccccc2)c1C. The number of aromatic nitrogens is 1. The Morgan fingerprint density at radius 3 is 2.42 bits per heavy atom. The van der Waals surface area contributed by atoms with Gasteiger partial charge < -0.3 is 4.57 Å². The zero-order valence-electron chi connectivity index (χ0n) is 11.7. The Kier molecular flexibility index (Phi) is 5.17. The fraction of sp³-hybridized carbons (Fsp3) is 0.375. The molecule has 0 saturated heterocycles. The van der Waals surface area contributed by atoms with E-state index < -0.39 is 0 Å². The third kappa shape index (κ3) is 3.09.